The summed E-state index contributed by atoms with van der Waals surface area (Å²) in [7, 11) is 0. The van der Waals surface area contributed by atoms with Crippen molar-refractivity contribution in [2.24, 2.45) is 0 Å². The second-order valence-electron chi connectivity index (χ2n) is 5.48. The van der Waals surface area contributed by atoms with Crippen LogP contribution in [0.15, 0.2) is 53.4 Å². The van der Waals surface area contributed by atoms with Crippen molar-refractivity contribution in [2.75, 3.05) is 6.26 Å². The van der Waals surface area contributed by atoms with E-state index in [1.54, 1.807) is 17.8 Å². The highest BCUT2D eigenvalue weighted by atomic mass is 35.5. The van der Waals surface area contributed by atoms with Gasteiger partial charge in [-0.05, 0) is 36.6 Å². The molecule has 26 heavy (non-hydrogen) atoms. The lowest BCUT2D eigenvalue weighted by Gasteiger charge is -2.05. The molecule has 3 nitrogen and oxygen atoms in total. The second kappa shape index (κ2) is 6.98. The van der Waals surface area contributed by atoms with E-state index in [-0.39, 0.29) is 5.69 Å². The molecule has 0 radical (unpaired) electrons. The summed E-state index contributed by atoms with van der Waals surface area (Å²) >= 11 is 9.18. The van der Waals surface area contributed by atoms with Gasteiger partial charge in [-0.15, -0.1) is 11.8 Å². The number of para-hydroxylation sites is 1. The molecule has 2 heterocycles. The van der Waals surface area contributed by atoms with E-state index in [1.807, 2.05) is 42.7 Å². The number of thioether (sulfide) groups is 1. The molecule has 2 aromatic heterocycles. The van der Waals surface area contributed by atoms with Crippen molar-refractivity contribution < 1.29 is 8.78 Å². The van der Waals surface area contributed by atoms with Crippen LogP contribution >= 0.6 is 34.7 Å². The van der Waals surface area contributed by atoms with Gasteiger partial charge in [0.15, 0.2) is 0 Å². The molecule has 0 saturated carbocycles. The largest absolute Gasteiger partial charge is 0.282 e. The molecule has 4 rings (SSSR count). The van der Waals surface area contributed by atoms with Crippen molar-refractivity contribution in [3.05, 3.63) is 59.2 Å². The van der Waals surface area contributed by atoms with Crippen molar-refractivity contribution >= 4 is 44.9 Å². The number of benzene rings is 2. The average Bonchev–Trinajstić information content (AvgIpc) is 3.27. The van der Waals surface area contributed by atoms with Gasteiger partial charge in [0.1, 0.15) is 11.2 Å². The van der Waals surface area contributed by atoms with Crippen LogP contribution in [-0.4, -0.2) is 21.0 Å². The number of rotatable bonds is 4. The standard InChI is InChI=1S/C18H12ClF2N3S2/c1-25-11-7-5-10(6-8-11)14-9-13(17(20)21)23-24(14)18-22-16-12(19)3-2-4-15(16)26-18/h2-9,17H,1H3. The number of aromatic nitrogens is 3. The molecule has 0 unspecified atom stereocenters. The summed E-state index contributed by atoms with van der Waals surface area (Å²) < 4.78 is 28.9. The van der Waals surface area contributed by atoms with E-state index in [4.69, 9.17) is 11.6 Å². The van der Waals surface area contributed by atoms with Crippen molar-refractivity contribution in [3.8, 4) is 16.4 Å². The van der Waals surface area contributed by atoms with Crippen LogP contribution in [0.1, 0.15) is 12.1 Å². The van der Waals surface area contributed by atoms with Gasteiger partial charge in [-0.1, -0.05) is 41.1 Å². The van der Waals surface area contributed by atoms with E-state index in [0.29, 0.717) is 21.4 Å². The van der Waals surface area contributed by atoms with Gasteiger partial charge < -0.3 is 0 Å². The van der Waals surface area contributed by atoms with Crippen molar-refractivity contribution in [1.82, 2.24) is 14.8 Å². The Morgan fingerprint density at radius 1 is 1.15 bits per heavy atom. The SMILES string of the molecule is CSc1ccc(-c2cc(C(F)F)nn2-c2nc3c(Cl)cccc3s2)cc1. The van der Waals surface area contributed by atoms with E-state index < -0.39 is 6.43 Å². The smallest absolute Gasteiger partial charge is 0.217 e. The number of hydrogen-bond donors (Lipinski definition) is 0. The molecule has 132 valence electrons. The molecule has 0 amide bonds. The Kier molecular flexibility index (Phi) is 4.69. The Morgan fingerprint density at radius 3 is 2.58 bits per heavy atom. The molecule has 0 atom stereocenters. The van der Waals surface area contributed by atoms with E-state index in [2.05, 4.69) is 10.1 Å². The molecule has 4 aromatic rings. The highest BCUT2D eigenvalue weighted by Crippen LogP contribution is 2.34. The Bertz CT molecular complexity index is 1070. The molecule has 0 aliphatic rings. The van der Waals surface area contributed by atoms with Crippen LogP contribution in [0.2, 0.25) is 5.02 Å². The number of alkyl halides is 2. The Morgan fingerprint density at radius 2 is 1.92 bits per heavy atom. The van der Waals surface area contributed by atoms with E-state index in [1.165, 1.54) is 22.1 Å². The summed E-state index contributed by atoms with van der Waals surface area (Å²) in [6.45, 7) is 0. The minimum Gasteiger partial charge on any atom is -0.217 e. The van der Waals surface area contributed by atoms with Gasteiger partial charge in [0, 0.05) is 10.5 Å². The summed E-state index contributed by atoms with van der Waals surface area (Å²) in [6, 6.07) is 14.6. The zero-order chi connectivity index (χ0) is 18.3. The molecule has 0 bridgehead atoms. The fourth-order valence-corrected chi connectivity index (χ4v) is 4.25. The molecule has 0 spiro atoms. The minimum absolute atomic E-state index is 0.278. The third-order valence-corrected chi connectivity index (χ3v) is 5.92. The molecular weight excluding hydrogens is 396 g/mol. The first-order chi connectivity index (χ1) is 12.6. The predicted molar refractivity (Wildman–Crippen MR) is 104 cm³/mol. The third-order valence-electron chi connectivity index (χ3n) is 3.88. The predicted octanol–water partition coefficient (Wildman–Crippen LogP) is 6.46. The quantitative estimate of drug-likeness (QED) is 0.363. The Labute approximate surface area is 161 Å². The first-order valence-electron chi connectivity index (χ1n) is 7.65. The normalized spacial score (nSPS) is 11.6. The number of nitrogens with zero attached hydrogens (tertiary/aromatic N) is 3. The minimum atomic E-state index is -2.65. The van der Waals surface area contributed by atoms with Gasteiger partial charge >= 0.3 is 0 Å². The zero-order valence-corrected chi connectivity index (χ0v) is 15.9. The van der Waals surface area contributed by atoms with Crippen molar-refractivity contribution in [1.29, 1.82) is 0 Å². The van der Waals surface area contributed by atoms with Gasteiger partial charge in [-0.2, -0.15) is 5.10 Å². The van der Waals surface area contributed by atoms with Gasteiger partial charge in [0.05, 0.1) is 15.4 Å². The zero-order valence-electron chi connectivity index (χ0n) is 13.5. The van der Waals surface area contributed by atoms with Crippen LogP contribution < -0.4 is 0 Å². The van der Waals surface area contributed by atoms with Crippen molar-refractivity contribution in [3.63, 3.8) is 0 Å². The summed E-state index contributed by atoms with van der Waals surface area (Å²) in [5.74, 6) is 0. The van der Waals surface area contributed by atoms with Crippen LogP contribution in [0.5, 0.6) is 0 Å². The van der Waals surface area contributed by atoms with Gasteiger partial charge in [0.2, 0.25) is 5.13 Å². The van der Waals surface area contributed by atoms with E-state index >= 15 is 0 Å². The summed E-state index contributed by atoms with van der Waals surface area (Å²) in [5.41, 5.74) is 1.74. The highest BCUT2D eigenvalue weighted by molar-refractivity contribution is 7.98. The number of halogens is 3. The average molecular weight is 408 g/mol. The summed E-state index contributed by atoms with van der Waals surface area (Å²) in [6.07, 6.45) is -0.669. The lowest BCUT2D eigenvalue weighted by Crippen LogP contribution is -1.99. The molecule has 2 aromatic carbocycles. The molecule has 0 N–H and O–H groups in total. The maximum absolute atomic E-state index is 13.3. The van der Waals surface area contributed by atoms with Crippen LogP contribution in [0.25, 0.3) is 26.6 Å². The van der Waals surface area contributed by atoms with Crippen LogP contribution in [-0.2, 0) is 0 Å². The number of fused-ring (bicyclic) bond motifs is 1. The van der Waals surface area contributed by atoms with Gasteiger partial charge in [0.25, 0.3) is 6.43 Å². The van der Waals surface area contributed by atoms with Crippen LogP contribution in [0.3, 0.4) is 0 Å². The molecular formula is C18H12ClF2N3S2. The van der Waals surface area contributed by atoms with Gasteiger partial charge in [-0.25, -0.2) is 18.4 Å². The fourth-order valence-electron chi connectivity index (χ4n) is 2.61. The van der Waals surface area contributed by atoms with Crippen molar-refractivity contribution in [2.45, 2.75) is 11.3 Å². The highest BCUT2D eigenvalue weighted by Gasteiger charge is 2.20. The number of hydrogen-bond acceptors (Lipinski definition) is 4. The van der Waals surface area contributed by atoms with Gasteiger partial charge in [-0.3, -0.25) is 0 Å². The van der Waals surface area contributed by atoms with Crippen LogP contribution in [0.4, 0.5) is 8.78 Å². The second-order valence-corrected chi connectivity index (χ2v) is 7.77. The topological polar surface area (TPSA) is 30.7 Å². The Hall–Kier alpha value is -1.96. The molecule has 0 aliphatic heterocycles. The third kappa shape index (κ3) is 3.11. The maximum Gasteiger partial charge on any atom is 0.282 e. The first-order valence-corrected chi connectivity index (χ1v) is 10.1. The molecule has 0 fully saturated rings. The first kappa shape index (κ1) is 17.5. The summed E-state index contributed by atoms with van der Waals surface area (Å²) in [5, 5.41) is 5.12. The van der Waals surface area contributed by atoms with E-state index in [0.717, 1.165) is 15.2 Å². The van der Waals surface area contributed by atoms with Crippen LogP contribution in [0, 0.1) is 0 Å². The molecule has 0 saturated heterocycles. The monoisotopic (exact) mass is 407 g/mol. The fraction of sp³-hybridized carbons (Fsp3) is 0.111. The number of thiazole rings is 1. The maximum atomic E-state index is 13.3. The van der Waals surface area contributed by atoms with E-state index in [9.17, 15) is 8.78 Å². The Balaban J connectivity index is 1.89. The lowest BCUT2D eigenvalue weighted by atomic mass is 10.1. The molecule has 0 aliphatic carbocycles. The lowest BCUT2D eigenvalue weighted by molar-refractivity contribution is 0.145. The summed E-state index contributed by atoms with van der Waals surface area (Å²) in [4.78, 5) is 5.61. The molecule has 8 heteroatoms.